The van der Waals surface area contributed by atoms with Crippen molar-refractivity contribution in [3.63, 3.8) is 0 Å². The van der Waals surface area contributed by atoms with E-state index in [4.69, 9.17) is 0 Å². The van der Waals surface area contributed by atoms with Gasteiger partial charge in [-0.1, -0.05) is 0 Å². The second-order valence-electron chi connectivity index (χ2n) is 4.75. The molecule has 0 saturated carbocycles. The van der Waals surface area contributed by atoms with Gasteiger partial charge in [0, 0.05) is 47.9 Å². The largest absolute Gasteiger partial charge is 0.303 e. The van der Waals surface area contributed by atoms with E-state index in [0.29, 0.717) is 6.54 Å². The van der Waals surface area contributed by atoms with E-state index in [0.717, 1.165) is 38.9 Å². The van der Waals surface area contributed by atoms with E-state index in [1.165, 1.54) is 0 Å². The van der Waals surface area contributed by atoms with Crippen molar-refractivity contribution in [2.75, 3.05) is 33.2 Å². The van der Waals surface area contributed by atoms with E-state index in [1.807, 2.05) is 7.05 Å². The zero-order valence-electron chi connectivity index (χ0n) is 8.68. The van der Waals surface area contributed by atoms with Crippen LogP contribution in [0, 0.1) is 5.41 Å². The van der Waals surface area contributed by atoms with Gasteiger partial charge in [-0.3, -0.25) is 0 Å². The van der Waals surface area contributed by atoms with Gasteiger partial charge in [0.25, 0.3) is 0 Å². The van der Waals surface area contributed by atoms with Gasteiger partial charge in [0.15, 0.2) is 0 Å². The number of alkyl halides is 1. The quantitative estimate of drug-likeness (QED) is 0.499. The second-order valence-corrected chi connectivity index (χ2v) is 6.12. The van der Waals surface area contributed by atoms with Crippen LogP contribution in [0.2, 0.25) is 0 Å². The van der Waals surface area contributed by atoms with Gasteiger partial charge in [-0.2, -0.15) is 0 Å². The molecule has 0 amide bonds. The molecule has 0 radical (unpaired) electrons. The molecule has 0 aromatic rings. The maximum absolute atomic E-state index is 14.0. The summed E-state index contributed by atoms with van der Waals surface area (Å²) in [5, 5.41) is 0. The number of hydrogen-bond donors (Lipinski definition) is 0. The van der Waals surface area contributed by atoms with E-state index >= 15 is 0 Å². The van der Waals surface area contributed by atoms with Crippen molar-refractivity contribution in [2.45, 2.75) is 25.4 Å². The van der Waals surface area contributed by atoms with Crippen LogP contribution in [0.3, 0.4) is 0 Å². The molecule has 14 heavy (non-hydrogen) atoms. The van der Waals surface area contributed by atoms with Crippen LogP contribution in [0.5, 0.6) is 0 Å². The Balaban J connectivity index is 2.01. The minimum Gasteiger partial charge on any atom is -0.303 e. The monoisotopic (exact) mass is 312 g/mol. The van der Waals surface area contributed by atoms with Gasteiger partial charge in [0.2, 0.25) is 0 Å². The lowest BCUT2D eigenvalue weighted by atomic mass is 9.70. The van der Waals surface area contributed by atoms with Gasteiger partial charge < -0.3 is 4.90 Å². The molecule has 2 nitrogen and oxygen atoms in total. The molecule has 1 atom stereocenters. The molecule has 2 rings (SSSR count). The third-order valence-electron chi connectivity index (χ3n) is 3.83. The van der Waals surface area contributed by atoms with Crippen LogP contribution in [0.25, 0.3) is 0 Å². The number of piperidine rings is 2. The number of nitrogens with zero attached hydrogens (tertiary/aromatic N) is 2. The first-order valence-corrected chi connectivity index (χ1v) is 6.32. The van der Waals surface area contributed by atoms with Crippen LogP contribution in [0.4, 0.5) is 4.39 Å². The third-order valence-corrected chi connectivity index (χ3v) is 4.80. The molecular formula is C10H18FIN2. The highest BCUT2D eigenvalue weighted by atomic mass is 127. The minimum absolute atomic E-state index is 0.0220. The van der Waals surface area contributed by atoms with Crippen LogP contribution in [-0.4, -0.2) is 47.4 Å². The first-order chi connectivity index (χ1) is 6.62. The summed E-state index contributed by atoms with van der Waals surface area (Å²) >= 11 is 2.35. The smallest absolute Gasteiger partial charge is 0.118 e. The average Bonchev–Trinajstić information content (AvgIpc) is 2.16. The fraction of sp³-hybridized carbons (Fsp3) is 1.00. The maximum Gasteiger partial charge on any atom is 0.118 e. The Bertz CT molecular complexity index is 196. The minimum atomic E-state index is -0.605. The summed E-state index contributed by atoms with van der Waals surface area (Å²) in [6.07, 6.45) is 2.54. The Hall–Kier alpha value is 0.580. The predicted molar refractivity (Wildman–Crippen MR) is 64.3 cm³/mol. The van der Waals surface area contributed by atoms with Gasteiger partial charge in [0.1, 0.15) is 6.17 Å². The highest BCUT2D eigenvalue weighted by molar-refractivity contribution is 14.1. The molecule has 4 heteroatoms. The van der Waals surface area contributed by atoms with Gasteiger partial charge in [-0.15, -0.1) is 0 Å². The predicted octanol–water partition coefficient (Wildman–Crippen LogP) is 2.09. The zero-order chi connectivity index (χ0) is 10.2. The summed E-state index contributed by atoms with van der Waals surface area (Å²) in [5.41, 5.74) is 0.0220. The molecule has 2 heterocycles. The molecule has 0 aromatic carbocycles. The van der Waals surface area contributed by atoms with Crippen molar-refractivity contribution in [1.82, 2.24) is 8.01 Å². The summed E-state index contributed by atoms with van der Waals surface area (Å²) in [4.78, 5) is 2.12. The van der Waals surface area contributed by atoms with Crippen molar-refractivity contribution >= 4 is 22.9 Å². The molecule has 0 aromatic heterocycles. The molecule has 2 aliphatic heterocycles. The van der Waals surface area contributed by atoms with Gasteiger partial charge in [0.05, 0.1) is 0 Å². The number of rotatable bonds is 0. The van der Waals surface area contributed by atoms with Crippen molar-refractivity contribution in [3.05, 3.63) is 0 Å². The topological polar surface area (TPSA) is 6.48 Å². The first kappa shape index (κ1) is 11.1. The lowest BCUT2D eigenvalue weighted by Gasteiger charge is -2.47. The fourth-order valence-electron chi connectivity index (χ4n) is 2.62. The number of likely N-dealkylation sites (tertiary alicyclic amines) is 1. The Kier molecular flexibility index (Phi) is 3.34. The molecule has 2 saturated heterocycles. The molecule has 82 valence electrons. The molecule has 0 aliphatic carbocycles. The van der Waals surface area contributed by atoms with Crippen LogP contribution in [0.15, 0.2) is 0 Å². The summed E-state index contributed by atoms with van der Waals surface area (Å²) in [6, 6.07) is 0. The Morgan fingerprint density at radius 1 is 1.21 bits per heavy atom. The van der Waals surface area contributed by atoms with Gasteiger partial charge >= 0.3 is 0 Å². The Morgan fingerprint density at radius 3 is 2.36 bits per heavy atom. The average molecular weight is 312 g/mol. The van der Waals surface area contributed by atoms with Gasteiger partial charge in [-0.05, 0) is 32.9 Å². The van der Waals surface area contributed by atoms with Crippen LogP contribution in [-0.2, 0) is 0 Å². The molecule has 2 aliphatic rings. The molecular weight excluding hydrogens is 294 g/mol. The SMILES string of the molecule is CN1CCC2(CCN(I)CC2)C(F)C1. The molecule has 2 fully saturated rings. The fourth-order valence-corrected chi connectivity index (χ4v) is 3.10. The molecule has 0 bridgehead atoms. The summed E-state index contributed by atoms with van der Waals surface area (Å²) < 4.78 is 16.3. The maximum atomic E-state index is 14.0. The van der Waals surface area contributed by atoms with E-state index in [-0.39, 0.29) is 5.41 Å². The van der Waals surface area contributed by atoms with E-state index in [9.17, 15) is 4.39 Å². The molecule has 0 N–H and O–H groups in total. The summed E-state index contributed by atoms with van der Waals surface area (Å²) in [7, 11) is 2.02. The van der Waals surface area contributed by atoms with Gasteiger partial charge in [-0.25, -0.2) is 7.50 Å². The lowest BCUT2D eigenvalue weighted by molar-refractivity contribution is -0.0139. The van der Waals surface area contributed by atoms with Crippen molar-refractivity contribution < 1.29 is 4.39 Å². The highest BCUT2D eigenvalue weighted by Crippen LogP contribution is 2.43. The Morgan fingerprint density at radius 2 is 1.79 bits per heavy atom. The Labute approximate surface area is 99.3 Å². The molecule has 1 unspecified atom stereocenters. The van der Waals surface area contributed by atoms with Crippen LogP contribution >= 0.6 is 22.9 Å². The highest BCUT2D eigenvalue weighted by Gasteiger charge is 2.44. The van der Waals surface area contributed by atoms with Crippen molar-refractivity contribution in [2.24, 2.45) is 5.41 Å². The first-order valence-electron chi connectivity index (χ1n) is 5.36. The van der Waals surface area contributed by atoms with E-state index in [1.54, 1.807) is 0 Å². The zero-order valence-corrected chi connectivity index (χ0v) is 10.8. The summed E-state index contributed by atoms with van der Waals surface area (Å²) in [5.74, 6) is 0. The number of halogens is 2. The van der Waals surface area contributed by atoms with Crippen molar-refractivity contribution in [3.8, 4) is 0 Å². The standard InChI is InChI=1S/C10H18FIN2/c1-13-5-2-10(9(11)8-13)3-6-14(12)7-4-10/h9H,2-8H2,1H3. The van der Waals surface area contributed by atoms with E-state index in [2.05, 4.69) is 30.9 Å². The van der Waals surface area contributed by atoms with Crippen molar-refractivity contribution in [1.29, 1.82) is 0 Å². The lowest BCUT2D eigenvalue weighted by Crippen LogP contribution is -2.51. The number of hydrogen-bond acceptors (Lipinski definition) is 2. The normalized spacial score (nSPS) is 34.9. The molecule has 1 spiro atoms. The van der Waals surface area contributed by atoms with E-state index < -0.39 is 6.17 Å². The third kappa shape index (κ3) is 2.07. The second kappa shape index (κ2) is 4.22. The van der Waals surface area contributed by atoms with Crippen LogP contribution in [0.1, 0.15) is 19.3 Å². The van der Waals surface area contributed by atoms with Crippen LogP contribution < -0.4 is 0 Å². The summed E-state index contributed by atoms with van der Waals surface area (Å²) in [6.45, 7) is 3.83.